The summed E-state index contributed by atoms with van der Waals surface area (Å²) in [5.41, 5.74) is 1.57. The summed E-state index contributed by atoms with van der Waals surface area (Å²) in [5.74, 6) is -0.206. The van der Waals surface area contributed by atoms with Crippen LogP contribution in [0.15, 0.2) is 64.0 Å². The lowest BCUT2D eigenvalue weighted by atomic mass is 10.1. The van der Waals surface area contributed by atoms with Crippen molar-refractivity contribution in [3.05, 3.63) is 59.1 Å². The Morgan fingerprint density at radius 1 is 1.00 bits per heavy atom. The number of phenolic OH excluding ortho intramolecular Hbond substituents is 1. The molecule has 0 aromatic heterocycles. The predicted molar refractivity (Wildman–Crippen MR) is 92.9 cm³/mol. The molecule has 0 saturated heterocycles. The zero-order chi connectivity index (χ0) is 16.6. The Hall–Kier alpha value is -2.09. The van der Waals surface area contributed by atoms with Crippen LogP contribution >= 0.6 is 15.9 Å². The van der Waals surface area contributed by atoms with Gasteiger partial charge in [-0.25, -0.2) is 0 Å². The van der Waals surface area contributed by atoms with Crippen molar-refractivity contribution < 1.29 is 18.1 Å². The summed E-state index contributed by atoms with van der Waals surface area (Å²) in [6, 6.07) is 15.1. The van der Waals surface area contributed by atoms with Crippen LogP contribution in [0, 0.1) is 0 Å². The van der Waals surface area contributed by atoms with Crippen LogP contribution in [0.1, 0.15) is 0 Å². The first-order valence-corrected chi connectivity index (χ1v) is 8.84. The van der Waals surface area contributed by atoms with E-state index in [9.17, 15) is 13.5 Å². The van der Waals surface area contributed by atoms with Crippen molar-refractivity contribution in [2.45, 2.75) is 4.90 Å². The topological polar surface area (TPSA) is 86.6 Å². The maximum Gasteiger partial charge on any atom is 0.294 e. The van der Waals surface area contributed by atoms with Crippen LogP contribution in [-0.4, -0.2) is 18.1 Å². The molecule has 0 aliphatic rings. The number of fused-ring (bicyclic) bond motifs is 1. The molecule has 0 bridgehead atoms. The highest BCUT2D eigenvalue weighted by Crippen LogP contribution is 2.32. The fourth-order valence-electron chi connectivity index (χ4n) is 2.27. The second kappa shape index (κ2) is 5.84. The van der Waals surface area contributed by atoms with Gasteiger partial charge < -0.3 is 10.4 Å². The van der Waals surface area contributed by atoms with Crippen LogP contribution < -0.4 is 5.32 Å². The van der Waals surface area contributed by atoms with Gasteiger partial charge in [-0.1, -0.05) is 12.1 Å². The smallest absolute Gasteiger partial charge is 0.294 e. The summed E-state index contributed by atoms with van der Waals surface area (Å²) in [6.45, 7) is 0. The van der Waals surface area contributed by atoms with Gasteiger partial charge in [0.1, 0.15) is 5.75 Å². The number of halogens is 1. The number of nitrogens with one attached hydrogen (secondary N) is 1. The van der Waals surface area contributed by atoms with Crippen LogP contribution in [0.3, 0.4) is 0 Å². The van der Waals surface area contributed by atoms with Crippen molar-refractivity contribution in [3.8, 4) is 5.75 Å². The average molecular weight is 394 g/mol. The van der Waals surface area contributed by atoms with E-state index >= 15 is 0 Å². The Morgan fingerprint density at radius 2 is 1.74 bits per heavy atom. The molecule has 0 aliphatic carbocycles. The molecule has 7 heteroatoms. The Labute approximate surface area is 141 Å². The molecule has 0 atom stereocenters. The lowest BCUT2D eigenvalue weighted by Gasteiger charge is -2.10. The van der Waals surface area contributed by atoms with Gasteiger partial charge in [-0.2, -0.15) is 8.42 Å². The Balaban J connectivity index is 2.09. The maximum absolute atomic E-state index is 11.3. The zero-order valence-electron chi connectivity index (χ0n) is 11.7. The van der Waals surface area contributed by atoms with Gasteiger partial charge in [-0.15, -0.1) is 0 Å². The number of aromatic hydroxyl groups is 1. The van der Waals surface area contributed by atoms with Crippen molar-refractivity contribution in [1.82, 2.24) is 0 Å². The minimum atomic E-state index is -4.38. The fraction of sp³-hybridized carbons (Fsp3) is 0. The largest absolute Gasteiger partial charge is 0.507 e. The highest BCUT2D eigenvalue weighted by Gasteiger charge is 2.13. The lowest BCUT2D eigenvalue weighted by Crippen LogP contribution is -1.98. The normalized spacial score (nSPS) is 11.6. The van der Waals surface area contributed by atoms with Gasteiger partial charge >= 0.3 is 0 Å². The first-order valence-electron chi connectivity index (χ1n) is 6.60. The van der Waals surface area contributed by atoms with Crippen LogP contribution in [0.4, 0.5) is 11.4 Å². The van der Waals surface area contributed by atoms with E-state index in [1.165, 1.54) is 6.07 Å². The molecule has 0 unspecified atom stereocenters. The van der Waals surface area contributed by atoms with Crippen molar-refractivity contribution in [2.75, 3.05) is 5.32 Å². The van der Waals surface area contributed by atoms with Crippen LogP contribution in [0.25, 0.3) is 10.8 Å². The molecule has 3 N–H and O–H groups in total. The van der Waals surface area contributed by atoms with E-state index < -0.39 is 10.1 Å². The Kier molecular flexibility index (Phi) is 4.01. The third-order valence-corrected chi connectivity index (χ3v) is 4.88. The Bertz CT molecular complexity index is 1000. The van der Waals surface area contributed by atoms with Crippen molar-refractivity contribution in [1.29, 1.82) is 0 Å². The monoisotopic (exact) mass is 393 g/mol. The molecule has 0 spiro atoms. The highest BCUT2D eigenvalue weighted by molar-refractivity contribution is 9.10. The van der Waals surface area contributed by atoms with Gasteiger partial charge in [-0.3, -0.25) is 4.55 Å². The maximum atomic E-state index is 11.3. The summed E-state index contributed by atoms with van der Waals surface area (Å²) in [6.07, 6.45) is 0. The van der Waals surface area contributed by atoms with Crippen molar-refractivity contribution in [3.63, 3.8) is 0 Å². The van der Waals surface area contributed by atoms with Crippen molar-refractivity contribution in [2.24, 2.45) is 0 Å². The summed E-state index contributed by atoms with van der Waals surface area (Å²) >= 11 is 3.44. The molecule has 3 aromatic rings. The molecule has 0 amide bonds. The summed E-state index contributed by atoms with van der Waals surface area (Å²) < 4.78 is 32.6. The molecule has 0 fully saturated rings. The van der Waals surface area contributed by atoms with E-state index in [4.69, 9.17) is 4.55 Å². The second-order valence-corrected chi connectivity index (χ2v) is 7.23. The number of benzene rings is 3. The van der Waals surface area contributed by atoms with Gasteiger partial charge in [0.2, 0.25) is 0 Å². The molecule has 0 aliphatic heterocycles. The van der Waals surface area contributed by atoms with Crippen LogP contribution in [0.5, 0.6) is 5.75 Å². The standard InChI is InChI=1S/C16H12BrNO4S/c17-14-3-1-2-4-15(14)18-11-5-6-13-10(7-11)8-12(9-16(13)19)23(20,21)22/h1-9,18-19H,(H,20,21,22). The summed E-state index contributed by atoms with van der Waals surface area (Å²) in [7, 11) is -4.38. The molecular weight excluding hydrogens is 382 g/mol. The molecule has 3 rings (SSSR count). The van der Waals surface area contributed by atoms with Gasteiger partial charge in [-0.05, 0) is 57.7 Å². The van der Waals surface area contributed by atoms with E-state index in [2.05, 4.69) is 21.2 Å². The first-order chi connectivity index (χ1) is 10.8. The van der Waals surface area contributed by atoms with Gasteiger partial charge in [0.05, 0.1) is 10.6 Å². The van der Waals surface area contributed by atoms with Crippen LogP contribution in [0.2, 0.25) is 0 Å². The molecule has 23 heavy (non-hydrogen) atoms. The van der Waals surface area contributed by atoms with Gasteiger partial charge in [0.15, 0.2) is 0 Å². The van der Waals surface area contributed by atoms with E-state index in [-0.39, 0.29) is 10.6 Å². The second-order valence-electron chi connectivity index (χ2n) is 4.96. The number of rotatable bonds is 3. The SMILES string of the molecule is O=S(=O)(O)c1cc(O)c2ccc(Nc3ccccc3Br)cc2c1. The fourth-order valence-corrected chi connectivity index (χ4v) is 3.19. The molecule has 0 heterocycles. The summed E-state index contributed by atoms with van der Waals surface area (Å²) in [4.78, 5) is -0.347. The molecule has 3 aromatic carbocycles. The number of hydrogen-bond acceptors (Lipinski definition) is 4. The van der Waals surface area contributed by atoms with Gasteiger partial charge in [0.25, 0.3) is 10.1 Å². The minimum Gasteiger partial charge on any atom is -0.507 e. The third-order valence-electron chi connectivity index (χ3n) is 3.35. The van der Waals surface area contributed by atoms with E-state index in [0.29, 0.717) is 10.8 Å². The molecule has 118 valence electrons. The van der Waals surface area contributed by atoms with E-state index in [1.54, 1.807) is 18.2 Å². The Morgan fingerprint density at radius 3 is 2.43 bits per heavy atom. The molecule has 0 radical (unpaired) electrons. The lowest BCUT2D eigenvalue weighted by molar-refractivity contribution is 0.471. The third kappa shape index (κ3) is 3.31. The number of anilines is 2. The highest BCUT2D eigenvalue weighted by atomic mass is 79.9. The molecular formula is C16H12BrNO4S. The number of phenols is 1. The van der Waals surface area contributed by atoms with E-state index in [1.807, 2.05) is 24.3 Å². The van der Waals surface area contributed by atoms with Crippen molar-refractivity contribution >= 4 is 48.2 Å². The minimum absolute atomic E-state index is 0.206. The molecule has 0 saturated carbocycles. The predicted octanol–water partition coefficient (Wildman–Crippen LogP) is 4.30. The van der Waals surface area contributed by atoms with E-state index in [0.717, 1.165) is 21.9 Å². The van der Waals surface area contributed by atoms with Crippen LogP contribution in [-0.2, 0) is 10.1 Å². The summed E-state index contributed by atoms with van der Waals surface area (Å²) in [5, 5.41) is 14.1. The van der Waals surface area contributed by atoms with Gasteiger partial charge in [0, 0.05) is 21.6 Å². The average Bonchev–Trinajstić information content (AvgIpc) is 2.48. The molecule has 5 nitrogen and oxygen atoms in total. The zero-order valence-corrected chi connectivity index (χ0v) is 14.1. The first kappa shape index (κ1) is 15.8. The quantitative estimate of drug-likeness (QED) is 0.577. The number of hydrogen-bond donors (Lipinski definition) is 3. The number of para-hydroxylation sites is 1.